The topological polar surface area (TPSA) is 83.9 Å². The van der Waals surface area contributed by atoms with E-state index in [2.05, 4.69) is 22.0 Å². The number of carbonyl (C=O) groups is 2. The maximum atomic E-state index is 13.1. The molecule has 1 saturated heterocycles. The molecule has 2 aliphatic rings. The van der Waals surface area contributed by atoms with Gasteiger partial charge in [0.15, 0.2) is 0 Å². The molecule has 1 aromatic heterocycles. The Morgan fingerprint density at radius 2 is 1.93 bits per heavy atom. The number of likely N-dealkylation sites (N-methyl/N-ethyl adjacent to an activating group) is 1. The number of nitrogens with one attached hydrogen (secondary N) is 1. The Morgan fingerprint density at radius 1 is 1.20 bits per heavy atom. The minimum atomic E-state index is -0.608. The molecule has 0 spiro atoms. The summed E-state index contributed by atoms with van der Waals surface area (Å²) < 4.78 is 7.12. The van der Waals surface area contributed by atoms with Gasteiger partial charge >= 0.3 is 5.97 Å². The standard InChI is InChI=1S/C22H28N4O4/c1-3-24-7-9-25(10-8-24)20-12-19-16(11-18(20)23-14-27)21(28)17(22(29)30-4-2)13-26(19)15-5-6-15/h11-15H,3-10H2,1-2H3,(H,23,27). The molecule has 0 bridgehead atoms. The molecule has 1 aliphatic heterocycles. The number of carbonyl (C=O) groups excluding carboxylic acids is 2. The second kappa shape index (κ2) is 8.47. The van der Waals surface area contributed by atoms with Gasteiger partial charge in [0.25, 0.3) is 0 Å². The number of amides is 1. The van der Waals surface area contributed by atoms with Crippen LogP contribution in [0, 0.1) is 0 Å². The number of rotatable bonds is 7. The molecule has 4 rings (SSSR count). The van der Waals surface area contributed by atoms with E-state index in [4.69, 9.17) is 4.74 Å². The van der Waals surface area contributed by atoms with Gasteiger partial charge in [0.2, 0.25) is 11.8 Å². The van der Waals surface area contributed by atoms with E-state index >= 15 is 0 Å². The average molecular weight is 412 g/mol. The maximum Gasteiger partial charge on any atom is 0.343 e. The molecule has 1 amide bonds. The fourth-order valence-corrected chi connectivity index (χ4v) is 4.14. The highest BCUT2D eigenvalue weighted by Crippen LogP contribution is 2.39. The predicted molar refractivity (Wildman–Crippen MR) is 116 cm³/mol. The third kappa shape index (κ3) is 3.79. The number of ether oxygens (including phenoxy) is 1. The summed E-state index contributed by atoms with van der Waals surface area (Å²) in [6.07, 6.45) is 4.30. The van der Waals surface area contributed by atoms with Crippen molar-refractivity contribution in [3.63, 3.8) is 0 Å². The number of esters is 1. The number of pyridine rings is 1. The number of fused-ring (bicyclic) bond motifs is 1. The molecule has 8 nitrogen and oxygen atoms in total. The molecule has 1 aliphatic carbocycles. The van der Waals surface area contributed by atoms with E-state index < -0.39 is 5.97 Å². The maximum absolute atomic E-state index is 13.1. The summed E-state index contributed by atoms with van der Waals surface area (Å²) in [4.78, 5) is 41.4. The van der Waals surface area contributed by atoms with Gasteiger partial charge < -0.3 is 24.4 Å². The number of anilines is 2. The largest absolute Gasteiger partial charge is 0.462 e. The molecule has 2 fully saturated rings. The Hall–Kier alpha value is -2.87. The van der Waals surface area contributed by atoms with Crippen LogP contribution >= 0.6 is 0 Å². The minimum Gasteiger partial charge on any atom is -0.462 e. The SMILES string of the molecule is CCOC(=O)c1cn(C2CC2)c2cc(N3CCN(CC)CC3)c(NC=O)cc2c1=O. The van der Waals surface area contributed by atoms with Crippen LogP contribution in [-0.4, -0.2) is 61.2 Å². The Morgan fingerprint density at radius 3 is 2.53 bits per heavy atom. The molecule has 1 saturated carbocycles. The summed E-state index contributed by atoms with van der Waals surface area (Å²) >= 11 is 0. The highest BCUT2D eigenvalue weighted by Gasteiger charge is 2.28. The fraction of sp³-hybridized carbons (Fsp3) is 0.500. The second-order valence-corrected chi connectivity index (χ2v) is 7.80. The Kier molecular flexibility index (Phi) is 5.76. The van der Waals surface area contributed by atoms with Gasteiger partial charge in [0.05, 0.1) is 23.5 Å². The third-order valence-electron chi connectivity index (χ3n) is 5.96. The van der Waals surface area contributed by atoms with Gasteiger partial charge in [0.1, 0.15) is 5.56 Å². The normalized spacial score (nSPS) is 17.2. The first kappa shape index (κ1) is 20.4. The highest BCUT2D eigenvalue weighted by atomic mass is 16.5. The van der Waals surface area contributed by atoms with Crippen molar-refractivity contribution in [2.24, 2.45) is 0 Å². The number of piperazine rings is 1. The Bertz CT molecular complexity index is 1020. The summed E-state index contributed by atoms with van der Waals surface area (Å²) in [5.41, 5.74) is 1.96. The van der Waals surface area contributed by atoms with Crippen molar-refractivity contribution < 1.29 is 14.3 Å². The summed E-state index contributed by atoms with van der Waals surface area (Å²) in [5, 5.41) is 3.18. The molecule has 0 unspecified atom stereocenters. The summed E-state index contributed by atoms with van der Waals surface area (Å²) in [5.74, 6) is -0.608. The second-order valence-electron chi connectivity index (χ2n) is 7.80. The molecule has 2 heterocycles. The predicted octanol–water partition coefficient (Wildman–Crippen LogP) is 2.22. The summed E-state index contributed by atoms with van der Waals surface area (Å²) in [7, 11) is 0. The Labute approximate surface area is 175 Å². The highest BCUT2D eigenvalue weighted by molar-refractivity contribution is 5.98. The Balaban J connectivity index is 1.86. The third-order valence-corrected chi connectivity index (χ3v) is 5.96. The average Bonchev–Trinajstić information content (AvgIpc) is 3.60. The van der Waals surface area contributed by atoms with Crippen molar-refractivity contribution in [3.05, 3.63) is 34.1 Å². The van der Waals surface area contributed by atoms with Crippen LogP contribution in [0.3, 0.4) is 0 Å². The minimum absolute atomic E-state index is 0.0395. The molecule has 30 heavy (non-hydrogen) atoms. The number of hydrogen-bond donors (Lipinski definition) is 1. The molecule has 1 aromatic carbocycles. The van der Waals surface area contributed by atoms with E-state index in [0.29, 0.717) is 17.5 Å². The fourth-order valence-electron chi connectivity index (χ4n) is 4.14. The first-order valence-electron chi connectivity index (χ1n) is 10.6. The van der Waals surface area contributed by atoms with E-state index in [1.807, 2.05) is 10.6 Å². The lowest BCUT2D eigenvalue weighted by Crippen LogP contribution is -2.46. The number of aromatic nitrogens is 1. The van der Waals surface area contributed by atoms with Crippen molar-refractivity contribution in [1.29, 1.82) is 0 Å². The van der Waals surface area contributed by atoms with Crippen LogP contribution in [-0.2, 0) is 9.53 Å². The van der Waals surface area contributed by atoms with E-state index in [1.165, 1.54) is 0 Å². The molecular formula is C22H28N4O4. The molecule has 2 aromatic rings. The van der Waals surface area contributed by atoms with Gasteiger partial charge in [-0.2, -0.15) is 0 Å². The van der Waals surface area contributed by atoms with Crippen molar-refractivity contribution in [3.8, 4) is 0 Å². The molecule has 160 valence electrons. The van der Waals surface area contributed by atoms with Crippen LogP contribution in [0.2, 0.25) is 0 Å². The molecular weight excluding hydrogens is 384 g/mol. The van der Waals surface area contributed by atoms with Crippen LogP contribution < -0.4 is 15.6 Å². The first-order chi connectivity index (χ1) is 14.6. The lowest BCUT2D eigenvalue weighted by molar-refractivity contribution is -0.105. The van der Waals surface area contributed by atoms with Crippen LogP contribution in [0.5, 0.6) is 0 Å². The van der Waals surface area contributed by atoms with Gasteiger partial charge in [0, 0.05) is 43.8 Å². The van der Waals surface area contributed by atoms with Crippen LogP contribution in [0.1, 0.15) is 43.1 Å². The zero-order chi connectivity index (χ0) is 21.3. The number of nitrogens with zero attached hydrogens (tertiary/aromatic N) is 3. The van der Waals surface area contributed by atoms with Crippen molar-refractivity contribution in [2.75, 3.05) is 49.5 Å². The quantitative estimate of drug-likeness (QED) is 0.555. The van der Waals surface area contributed by atoms with Crippen molar-refractivity contribution >= 4 is 34.7 Å². The van der Waals surface area contributed by atoms with Gasteiger partial charge in [-0.1, -0.05) is 6.92 Å². The summed E-state index contributed by atoms with van der Waals surface area (Å²) in [6.45, 7) is 8.69. The van der Waals surface area contributed by atoms with Gasteiger partial charge in [-0.3, -0.25) is 9.59 Å². The lowest BCUT2D eigenvalue weighted by Gasteiger charge is -2.36. The number of hydrogen-bond acceptors (Lipinski definition) is 6. The van der Waals surface area contributed by atoms with E-state index in [1.54, 1.807) is 19.2 Å². The molecule has 0 atom stereocenters. The zero-order valence-corrected chi connectivity index (χ0v) is 17.5. The van der Waals surface area contributed by atoms with Crippen LogP contribution in [0.25, 0.3) is 10.9 Å². The first-order valence-corrected chi connectivity index (χ1v) is 10.6. The summed E-state index contributed by atoms with van der Waals surface area (Å²) in [6, 6.07) is 3.96. The van der Waals surface area contributed by atoms with Crippen LogP contribution in [0.15, 0.2) is 23.1 Å². The molecule has 1 N–H and O–H groups in total. The van der Waals surface area contributed by atoms with E-state index in [9.17, 15) is 14.4 Å². The zero-order valence-electron chi connectivity index (χ0n) is 17.5. The number of benzene rings is 1. The smallest absolute Gasteiger partial charge is 0.343 e. The molecule has 0 radical (unpaired) electrons. The van der Waals surface area contributed by atoms with Crippen molar-refractivity contribution in [1.82, 2.24) is 9.47 Å². The van der Waals surface area contributed by atoms with E-state index in [-0.39, 0.29) is 23.6 Å². The molecule has 8 heteroatoms. The van der Waals surface area contributed by atoms with Crippen LogP contribution in [0.4, 0.5) is 11.4 Å². The van der Waals surface area contributed by atoms with E-state index in [0.717, 1.165) is 56.8 Å². The van der Waals surface area contributed by atoms with Crippen molar-refractivity contribution in [2.45, 2.75) is 32.7 Å². The lowest BCUT2D eigenvalue weighted by atomic mass is 10.1. The van der Waals surface area contributed by atoms with Gasteiger partial charge in [-0.25, -0.2) is 4.79 Å². The monoisotopic (exact) mass is 412 g/mol. The van der Waals surface area contributed by atoms with Gasteiger partial charge in [-0.05, 0) is 38.4 Å². The van der Waals surface area contributed by atoms with Gasteiger partial charge in [-0.15, -0.1) is 0 Å².